The molecule has 0 aliphatic carbocycles. The molecule has 6 heteroatoms. The van der Waals surface area contributed by atoms with Gasteiger partial charge in [-0.15, -0.1) is 11.3 Å². The summed E-state index contributed by atoms with van der Waals surface area (Å²) in [6.07, 6.45) is 0. The second-order valence-electron chi connectivity index (χ2n) is 18.9. The average molecular weight is 864 g/mol. The average Bonchev–Trinajstić information content (AvgIpc) is 4.02. The summed E-state index contributed by atoms with van der Waals surface area (Å²) in [7, 11) is 0. The van der Waals surface area contributed by atoms with Gasteiger partial charge in [0.25, 0.3) is 0 Å². The van der Waals surface area contributed by atoms with Crippen LogP contribution in [0.2, 0.25) is 0 Å². The summed E-state index contributed by atoms with van der Waals surface area (Å²) in [5.41, 5.74) is 19.6. The summed E-state index contributed by atoms with van der Waals surface area (Å²) < 4.78 is 12.1. The van der Waals surface area contributed by atoms with Gasteiger partial charge in [-0.25, -0.2) is 0 Å². The van der Waals surface area contributed by atoms with Crippen molar-refractivity contribution in [2.24, 2.45) is 0 Å². The van der Waals surface area contributed by atoms with Crippen LogP contribution < -0.4 is 20.7 Å². The highest BCUT2D eigenvalue weighted by atomic mass is 32.1. The Kier molecular flexibility index (Phi) is 7.89. The van der Waals surface area contributed by atoms with E-state index in [1.165, 1.54) is 70.1 Å². The molecule has 0 atom stereocenters. The molecule has 0 amide bonds. The minimum Gasteiger partial charge on any atom is -0.454 e. The second kappa shape index (κ2) is 13.9. The highest BCUT2D eigenvalue weighted by Gasteiger charge is 2.45. The first-order valence-electron chi connectivity index (χ1n) is 22.9. The van der Waals surface area contributed by atoms with Gasteiger partial charge < -0.3 is 18.7 Å². The molecule has 2 aliphatic heterocycles. The van der Waals surface area contributed by atoms with Gasteiger partial charge in [-0.05, 0) is 112 Å². The Morgan fingerprint density at radius 3 is 1.92 bits per heavy atom. The van der Waals surface area contributed by atoms with Crippen molar-refractivity contribution in [1.82, 2.24) is 4.48 Å². The molecule has 14 rings (SSSR count). The second-order valence-corrected chi connectivity index (χ2v) is 20.0. The number of hydrogen-bond acceptors (Lipinski definition) is 4. The Hall–Kier alpha value is -7.80. The van der Waals surface area contributed by atoms with Gasteiger partial charge in [-0.1, -0.05) is 142 Å². The van der Waals surface area contributed by atoms with E-state index in [1.807, 2.05) is 11.3 Å². The van der Waals surface area contributed by atoms with Crippen LogP contribution in [0.15, 0.2) is 205 Å². The van der Waals surface area contributed by atoms with Crippen molar-refractivity contribution in [3.05, 3.63) is 206 Å². The maximum atomic E-state index is 6.91. The normalized spacial score (nSPS) is 13.0. The fourth-order valence-electron chi connectivity index (χ4n) is 11.1. The summed E-state index contributed by atoms with van der Waals surface area (Å²) >= 11 is 1.88. The molecule has 5 heterocycles. The van der Waals surface area contributed by atoms with Crippen molar-refractivity contribution in [1.29, 1.82) is 0 Å². The summed E-state index contributed by atoms with van der Waals surface area (Å²) in [6, 6.07) is 74.0. The van der Waals surface area contributed by atoms with E-state index in [2.05, 4.69) is 235 Å². The Balaban J connectivity index is 1.18. The molecule has 0 saturated heterocycles. The molecule has 0 saturated carbocycles. The van der Waals surface area contributed by atoms with E-state index in [4.69, 9.17) is 4.42 Å². The lowest BCUT2D eigenvalue weighted by Gasteiger charge is -2.42. The van der Waals surface area contributed by atoms with Gasteiger partial charge in [0.05, 0.1) is 11.2 Å². The molecule has 66 heavy (non-hydrogen) atoms. The van der Waals surface area contributed by atoms with Crippen LogP contribution in [0, 0.1) is 0 Å². The van der Waals surface area contributed by atoms with Crippen molar-refractivity contribution in [2.75, 3.05) is 9.80 Å². The zero-order valence-electron chi connectivity index (χ0n) is 36.8. The van der Waals surface area contributed by atoms with Crippen LogP contribution in [-0.2, 0) is 5.41 Å². The number of hydrogen-bond donors (Lipinski definition) is 0. The first kappa shape index (κ1) is 37.6. The maximum Gasteiger partial charge on any atom is 0.333 e. The minimum absolute atomic E-state index is 0.0522. The molecule has 0 spiro atoms. The highest BCUT2D eigenvalue weighted by Crippen LogP contribution is 2.52. The lowest BCUT2D eigenvalue weighted by Crippen LogP contribution is -2.56. The standard InChI is InChI=1S/C60H42BN3OS/c1-60(2,3)38-30-31-50(46(32-38)37-18-7-4-8-19-37)63-51-36-55-47(42-24-14-16-29-54(42)66-55)35-49(51)61-56-48(33-41(34-52(56)63)62(39-20-9-5-10-21-39)40-22-11-6-12-23-40)43-26-17-27-45-57(43)64(61)58-44-25-13-15-28-53(44)65-59(45)58/h4-36H,1-3H3. The van der Waals surface area contributed by atoms with E-state index in [0.29, 0.717) is 0 Å². The van der Waals surface area contributed by atoms with E-state index >= 15 is 0 Å². The van der Waals surface area contributed by atoms with Crippen LogP contribution in [0.1, 0.15) is 26.3 Å². The molecule has 0 radical (unpaired) electrons. The number of fused-ring (bicyclic) bond motifs is 12. The van der Waals surface area contributed by atoms with Gasteiger partial charge >= 0.3 is 6.85 Å². The lowest BCUT2D eigenvalue weighted by molar-refractivity contribution is 0.590. The SMILES string of the molecule is CC(C)(C)c1ccc(N2c3cc4sc5ccccc5c4cc3B3c4c(cc(N(c5ccccc5)c5ccccc5)cc42)-c2cccc4c5oc6ccccc6c5n3c24)c(-c2ccccc2)c1. The van der Waals surface area contributed by atoms with E-state index in [1.54, 1.807) is 0 Å². The molecule has 0 unspecified atom stereocenters. The topological polar surface area (TPSA) is 24.6 Å². The Morgan fingerprint density at radius 2 is 1.17 bits per heavy atom. The van der Waals surface area contributed by atoms with E-state index < -0.39 is 0 Å². The molecule has 0 N–H and O–H groups in total. The van der Waals surface area contributed by atoms with Gasteiger partial charge in [0.2, 0.25) is 0 Å². The quantitative estimate of drug-likeness (QED) is 0.161. The Morgan fingerprint density at radius 1 is 0.485 bits per heavy atom. The third kappa shape index (κ3) is 5.33. The number of furan rings is 1. The zero-order valence-corrected chi connectivity index (χ0v) is 37.6. The summed E-state index contributed by atoms with van der Waals surface area (Å²) in [5, 5.41) is 4.85. The maximum absolute atomic E-state index is 6.91. The summed E-state index contributed by atoms with van der Waals surface area (Å²) in [4.78, 5) is 5.03. The molecule has 3 aromatic heterocycles. The first-order valence-corrected chi connectivity index (χ1v) is 23.7. The largest absolute Gasteiger partial charge is 0.454 e. The Labute approximate surface area is 387 Å². The number of anilines is 6. The van der Waals surface area contributed by atoms with Gasteiger partial charge in [-0.3, -0.25) is 0 Å². The van der Waals surface area contributed by atoms with Crippen LogP contribution in [0.5, 0.6) is 0 Å². The van der Waals surface area contributed by atoms with Crippen LogP contribution in [0.25, 0.3) is 75.4 Å². The van der Waals surface area contributed by atoms with E-state index in [0.717, 1.165) is 55.9 Å². The smallest absolute Gasteiger partial charge is 0.333 e. The predicted octanol–water partition coefficient (Wildman–Crippen LogP) is 15.8. The Bertz CT molecular complexity index is 3900. The molecule has 0 bridgehead atoms. The van der Waals surface area contributed by atoms with Crippen LogP contribution in [-0.4, -0.2) is 11.3 Å². The van der Waals surface area contributed by atoms with Gasteiger partial charge in [0, 0.05) is 76.0 Å². The molecule has 2 aliphatic rings. The monoisotopic (exact) mass is 863 g/mol. The third-order valence-electron chi connectivity index (χ3n) is 14.1. The van der Waals surface area contributed by atoms with Crippen molar-refractivity contribution < 1.29 is 4.42 Å². The highest BCUT2D eigenvalue weighted by molar-refractivity contribution is 7.26. The van der Waals surface area contributed by atoms with E-state index in [-0.39, 0.29) is 12.3 Å². The molecule has 312 valence electrons. The number of aromatic nitrogens is 1. The fourth-order valence-corrected chi connectivity index (χ4v) is 12.2. The number of benzene rings is 9. The van der Waals surface area contributed by atoms with Gasteiger partial charge in [0.15, 0.2) is 5.58 Å². The van der Waals surface area contributed by atoms with Crippen molar-refractivity contribution in [2.45, 2.75) is 26.2 Å². The zero-order chi connectivity index (χ0) is 43.8. The number of thiophene rings is 1. The minimum atomic E-state index is -0.162. The lowest BCUT2D eigenvalue weighted by atomic mass is 9.45. The molecule has 4 nitrogen and oxygen atoms in total. The van der Waals surface area contributed by atoms with Crippen molar-refractivity contribution >= 4 is 116 Å². The summed E-state index contributed by atoms with van der Waals surface area (Å²) in [5.74, 6) is 0. The predicted molar refractivity (Wildman–Crippen MR) is 281 cm³/mol. The van der Waals surface area contributed by atoms with Gasteiger partial charge in [-0.2, -0.15) is 0 Å². The van der Waals surface area contributed by atoms with Crippen LogP contribution in [0.3, 0.4) is 0 Å². The summed E-state index contributed by atoms with van der Waals surface area (Å²) in [6.45, 7) is 6.78. The third-order valence-corrected chi connectivity index (χ3v) is 15.2. The molecule has 0 fully saturated rings. The van der Waals surface area contributed by atoms with Crippen LogP contribution in [0.4, 0.5) is 34.1 Å². The van der Waals surface area contributed by atoms with Gasteiger partial charge in [0.1, 0.15) is 5.58 Å². The number of rotatable bonds is 5. The molecular formula is C60H42BN3OS. The fraction of sp³-hybridized carbons (Fsp3) is 0.0667. The number of nitrogens with zero attached hydrogens (tertiary/aromatic N) is 3. The molecule has 12 aromatic rings. The van der Waals surface area contributed by atoms with Crippen molar-refractivity contribution in [3.8, 4) is 22.3 Å². The molecular weight excluding hydrogens is 822 g/mol. The van der Waals surface area contributed by atoms with Crippen LogP contribution >= 0.6 is 11.3 Å². The molecule has 9 aromatic carbocycles. The number of para-hydroxylation sites is 4. The first-order chi connectivity index (χ1) is 32.4. The van der Waals surface area contributed by atoms with Crippen molar-refractivity contribution in [3.63, 3.8) is 0 Å². The van der Waals surface area contributed by atoms with E-state index in [9.17, 15) is 0 Å².